The summed E-state index contributed by atoms with van der Waals surface area (Å²) < 4.78 is 0. The van der Waals surface area contributed by atoms with Crippen molar-refractivity contribution in [1.82, 2.24) is 0 Å². The van der Waals surface area contributed by atoms with E-state index in [4.69, 9.17) is 15.9 Å². The first-order valence-corrected chi connectivity index (χ1v) is 3.07. The van der Waals surface area contributed by atoms with Crippen molar-refractivity contribution >= 4 is 5.97 Å². The second kappa shape index (κ2) is 3.53. The third-order valence-corrected chi connectivity index (χ3v) is 1.45. The quantitative estimate of drug-likeness (QED) is 0.496. The minimum atomic E-state index is -0.929. The molecule has 4 heteroatoms. The number of aliphatic carboxylic acids is 1. The zero-order valence-corrected chi connectivity index (χ0v) is 6.00. The third-order valence-electron chi connectivity index (χ3n) is 1.45. The van der Waals surface area contributed by atoms with Crippen LogP contribution in [-0.2, 0) is 4.79 Å². The lowest BCUT2D eigenvalue weighted by Crippen LogP contribution is -2.33. The topological polar surface area (TPSA) is 83.5 Å². The van der Waals surface area contributed by atoms with Gasteiger partial charge in [-0.2, -0.15) is 0 Å². The largest absolute Gasteiger partial charge is 0.481 e. The second-order valence-corrected chi connectivity index (χ2v) is 2.74. The molecular weight excluding hydrogens is 134 g/mol. The number of aliphatic hydroxyl groups excluding tert-OH is 1. The zero-order chi connectivity index (χ0) is 8.20. The number of rotatable bonds is 4. The summed E-state index contributed by atoms with van der Waals surface area (Å²) in [6, 6.07) is 0. The molecule has 4 N–H and O–H groups in total. The van der Waals surface area contributed by atoms with Crippen LogP contribution in [0.2, 0.25) is 0 Å². The summed E-state index contributed by atoms with van der Waals surface area (Å²) in [5.41, 5.74) is 4.58. The van der Waals surface area contributed by atoms with Gasteiger partial charge in [0.25, 0.3) is 0 Å². The average molecular weight is 147 g/mol. The molecule has 0 aliphatic heterocycles. The Bertz CT molecular complexity index is 120. The Morgan fingerprint density at radius 2 is 2.20 bits per heavy atom. The molecule has 0 aromatic carbocycles. The van der Waals surface area contributed by atoms with Crippen LogP contribution in [-0.4, -0.2) is 29.3 Å². The monoisotopic (exact) mass is 147 g/mol. The van der Waals surface area contributed by atoms with Gasteiger partial charge in [0.2, 0.25) is 0 Å². The van der Waals surface area contributed by atoms with Crippen molar-refractivity contribution in [2.24, 2.45) is 11.1 Å². The Morgan fingerprint density at radius 1 is 1.70 bits per heavy atom. The van der Waals surface area contributed by atoms with Gasteiger partial charge in [-0.15, -0.1) is 0 Å². The Balaban J connectivity index is 3.92. The molecule has 0 radical (unpaired) electrons. The van der Waals surface area contributed by atoms with Crippen molar-refractivity contribution in [3.8, 4) is 0 Å². The van der Waals surface area contributed by atoms with Crippen LogP contribution in [0.25, 0.3) is 0 Å². The maximum atomic E-state index is 10.2. The minimum Gasteiger partial charge on any atom is -0.481 e. The van der Waals surface area contributed by atoms with Crippen LogP contribution in [0, 0.1) is 5.41 Å². The van der Waals surface area contributed by atoms with Gasteiger partial charge in [0.1, 0.15) is 0 Å². The van der Waals surface area contributed by atoms with E-state index in [1.165, 1.54) is 0 Å². The zero-order valence-electron chi connectivity index (χ0n) is 6.00. The summed E-state index contributed by atoms with van der Waals surface area (Å²) >= 11 is 0. The molecule has 1 atom stereocenters. The van der Waals surface area contributed by atoms with Crippen molar-refractivity contribution in [3.05, 3.63) is 0 Å². The predicted molar refractivity (Wildman–Crippen MR) is 36.5 cm³/mol. The molecule has 0 bridgehead atoms. The van der Waals surface area contributed by atoms with Gasteiger partial charge in [-0.1, -0.05) is 6.92 Å². The van der Waals surface area contributed by atoms with E-state index >= 15 is 0 Å². The molecule has 0 spiro atoms. The van der Waals surface area contributed by atoms with Crippen LogP contribution in [0.3, 0.4) is 0 Å². The van der Waals surface area contributed by atoms with Gasteiger partial charge in [-0.05, 0) is 0 Å². The van der Waals surface area contributed by atoms with E-state index in [1.807, 2.05) is 0 Å². The Hall–Kier alpha value is -0.610. The molecule has 10 heavy (non-hydrogen) atoms. The van der Waals surface area contributed by atoms with Crippen molar-refractivity contribution in [1.29, 1.82) is 0 Å². The summed E-state index contributed by atoms with van der Waals surface area (Å²) in [4.78, 5) is 10.2. The fraction of sp³-hybridized carbons (Fsp3) is 0.833. The third kappa shape index (κ3) is 2.80. The van der Waals surface area contributed by atoms with Crippen molar-refractivity contribution < 1.29 is 15.0 Å². The number of hydrogen-bond donors (Lipinski definition) is 3. The van der Waals surface area contributed by atoms with Crippen LogP contribution < -0.4 is 5.73 Å². The van der Waals surface area contributed by atoms with E-state index in [-0.39, 0.29) is 19.6 Å². The van der Waals surface area contributed by atoms with Gasteiger partial charge >= 0.3 is 5.97 Å². The first kappa shape index (κ1) is 9.39. The van der Waals surface area contributed by atoms with Crippen LogP contribution in [0.1, 0.15) is 13.3 Å². The molecule has 0 aliphatic rings. The lowest BCUT2D eigenvalue weighted by molar-refractivity contribution is -0.140. The van der Waals surface area contributed by atoms with Crippen molar-refractivity contribution in [3.63, 3.8) is 0 Å². The summed E-state index contributed by atoms with van der Waals surface area (Å²) in [5.74, 6) is -0.929. The maximum absolute atomic E-state index is 10.2. The van der Waals surface area contributed by atoms with Crippen molar-refractivity contribution in [2.75, 3.05) is 13.2 Å². The lowest BCUT2D eigenvalue weighted by Gasteiger charge is -2.22. The summed E-state index contributed by atoms with van der Waals surface area (Å²) in [6.07, 6.45) is -0.0833. The highest BCUT2D eigenvalue weighted by atomic mass is 16.4. The second-order valence-electron chi connectivity index (χ2n) is 2.74. The molecule has 0 heterocycles. The molecule has 0 aliphatic carbocycles. The molecule has 4 nitrogen and oxygen atoms in total. The predicted octanol–water partition coefficient (Wildman–Crippen LogP) is -0.582. The van der Waals surface area contributed by atoms with Gasteiger partial charge < -0.3 is 15.9 Å². The maximum Gasteiger partial charge on any atom is 0.304 e. The Labute approximate surface area is 59.7 Å². The Morgan fingerprint density at radius 3 is 2.30 bits per heavy atom. The SMILES string of the molecule is C[C@](CN)(CO)CC(=O)O. The number of aliphatic hydroxyl groups is 1. The minimum absolute atomic E-state index is 0.0833. The fourth-order valence-corrected chi connectivity index (χ4v) is 0.558. The number of carboxylic acids is 1. The van der Waals surface area contributed by atoms with Crippen LogP contribution >= 0.6 is 0 Å². The standard InChI is InChI=1S/C6H13NO3/c1-6(3-7,4-8)2-5(9)10/h8H,2-4,7H2,1H3,(H,9,10)/t6-/m0/s1. The number of carbonyl (C=O) groups is 1. The highest BCUT2D eigenvalue weighted by Crippen LogP contribution is 2.17. The van der Waals surface area contributed by atoms with Gasteiger partial charge in [0.15, 0.2) is 0 Å². The normalized spacial score (nSPS) is 16.3. The molecule has 0 aromatic heterocycles. The Kier molecular flexibility index (Phi) is 3.32. The fourth-order valence-electron chi connectivity index (χ4n) is 0.558. The van der Waals surface area contributed by atoms with Crippen LogP contribution in [0.5, 0.6) is 0 Å². The molecule has 0 unspecified atom stereocenters. The van der Waals surface area contributed by atoms with Gasteiger partial charge in [-0.3, -0.25) is 4.79 Å². The van der Waals surface area contributed by atoms with E-state index in [0.717, 1.165) is 0 Å². The molecule has 0 amide bonds. The van der Waals surface area contributed by atoms with Crippen LogP contribution in [0.4, 0.5) is 0 Å². The highest BCUT2D eigenvalue weighted by molar-refractivity contribution is 5.67. The molecular formula is C6H13NO3. The molecule has 0 aromatic rings. The van der Waals surface area contributed by atoms with E-state index in [0.29, 0.717) is 0 Å². The summed E-state index contributed by atoms with van der Waals surface area (Å²) in [6.45, 7) is 1.65. The van der Waals surface area contributed by atoms with Gasteiger partial charge in [0, 0.05) is 12.0 Å². The smallest absolute Gasteiger partial charge is 0.304 e. The summed E-state index contributed by atoms with van der Waals surface area (Å²) in [5, 5.41) is 17.0. The van der Waals surface area contributed by atoms with E-state index < -0.39 is 11.4 Å². The summed E-state index contributed by atoms with van der Waals surface area (Å²) in [7, 11) is 0. The number of hydrogen-bond acceptors (Lipinski definition) is 3. The number of carboxylic acid groups (broad SMARTS) is 1. The number of nitrogens with two attached hydrogens (primary N) is 1. The van der Waals surface area contributed by atoms with Gasteiger partial charge in [-0.25, -0.2) is 0 Å². The lowest BCUT2D eigenvalue weighted by atomic mass is 9.88. The molecule has 0 rings (SSSR count). The molecule has 0 saturated heterocycles. The average Bonchev–Trinajstić information content (AvgIpc) is 1.87. The van der Waals surface area contributed by atoms with Crippen LogP contribution in [0.15, 0.2) is 0 Å². The van der Waals surface area contributed by atoms with Gasteiger partial charge in [0.05, 0.1) is 13.0 Å². The molecule has 0 saturated carbocycles. The molecule has 60 valence electrons. The van der Waals surface area contributed by atoms with Crippen molar-refractivity contribution in [2.45, 2.75) is 13.3 Å². The van der Waals surface area contributed by atoms with E-state index in [9.17, 15) is 4.79 Å². The van der Waals surface area contributed by atoms with E-state index in [2.05, 4.69) is 0 Å². The highest BCUT2D eigenvalue weighted by Gasteiger charge is 2.24. The first-order chi connectivity index (χ1) is 4.54. The first-order valence-electron chi connectivity index (χ1n) is 3.07. The van der Waals surface area contributed by atoms with E-state index in [1.54, 1.807) is 6.92 Å². The molecule has 0 fully saturated rings.